The minimum absolute atomic E-state index is 0.0881. The first-order valence-corrected chi connectivity index (χ1v) is 16.6. The van der Waals surface area contributed by atoms with Crippen LogP contribution >= 0.6 is 0 Å². The van der Waals surface area contributed by atoms with Crippen LogP contribution in [0.1, 0.15) is 118 Å². The van der Waals surface area contributed by atoms with Gasteiger partial charge >= 0.3 is 0 Å². The van der Waals surface area contributed by atoms with Crippen LogP contribution in [-0.2, 0) is 9.59 Å². The smallest absolute Gasteiger partial charge is 0.245 e. The van der Waals surface area contributed by atoms with Crippen molar-refractivity contribution >= 4 is 11.8 Å². The lowest BCUT2D eigenvalue weighted by Gasteiger charge is -2.62. The van der Waals surface area contributed by atoms with Crippen molar-refractivity contribution in [3.8, 4) is 12.3 Å². The maximum atomic E-state index is 12.5. The van der Waals surface area contributed by atoms with Crippen molar-refractivity contribution in [1.29, 1.82) is 0 Å². The minimum Gasteiger partial charge on any atom is -0.393 e. The number of rotatable bonds is 11. The van der Waals surface area contributed by atoms with Gasteiger partial charge in [0.05, 0.1) is 12.2 Å². The summed E-state index contributed by atoms with van der Waals surface area (Å²) in [4.78, 5) is 24.6. The molecule has 0 radical (unpaired) electrons. The van der Waals surface area contributed by atoms with E-state index >= 15 is 0 Å². The zero-order valence-electron chi connectivity index (χ0n) is 26.0. The summed E-state index contributed by atoms with van der Waals surface area (Å²) in [7, 11) is 0. The highest BCUT2D eigenvalue weighted by Gasteiger charge is 2.62. The summed E-state index contributed by atoms with van der Waals surface area (Å²) in [6.45, 7) is 9.40. The quantitative estimate of drug-likeness (QED) is 0.146. The molecular weight excluding hydrogens is 512 g/mol. The summed E-state index contributed by atoms with van der Waals surface area (Å²) in [5.41, 5.74) is 0.523. The molecule has 4 N–H and O–H groups in total. The van der Waals surface area contributed by atoms with Crippen LogP contribution in [0.5, 0.6) is 0 Å². The van der Waals surface area contributed by atoms with Gasteiger partial charge in [0.25, 0.3) is 0 Å². The van der Waals surface area contributed by atoms with Crippen molar-refractivity contribution in [3.63, 3.8) is 0 Å². The van der Waals surface area contributed by atoms with E-state index in [-0.39, 0.29) is 41.3 Å². The van der Waals surface area contributed by atoms with Gasteiger partial charge in [0.2, 0.25) is 11.8 Å². The zero-order chi connectivity index (χ0) is 29.8. The first-order chi connectivity index (χ1) is 19.5. The Balaban J connectivity index is 1.30. The topological polar surface area (TPSA) is 98.7 Å². The van der Waals surface area contributed by atoms with Crippen LogP contribution in [0, 0.1) is 58.7 Å². The van der Waals surface area contributed by atoms with E-state index < -0.39 is 6.17 Å². The van der Waals surface area contributed by atoms with Gasteiger partial charge in [-0.3, -0.25) is 9.59 Å². The second-order valence-corrected chi connectivity index (χ2v) is 14.6. The first-order valence-electron chi connectivity index (χ1n) is 16.6. The van der Waals surface area contributed by atoms with E-state index in [0.29, 0.717) is 41.9 Å². The Kier molecular flexibility index (Phi) is 10.7. The zero-order valence-corrected chi connectivity index (χ0v) is 26.0. The third-order valence-corrected chi connectivity index (χ3v) is 12.2. The normalized spacial score (nSPS) is 39.6. The summed E-state index contributed by atoms with van der Waals surface area (Å²) in [5.74, 6) is 5.40. The Hall–Kier alpha value is -1.84. The van der Waals surface area contributed by atoms with Crippen molar-refractivity contribution in [1.82, 2.24) is 10.6 Å². The van der Waals surface area contributed by atoms with Crippen molar-refractivity contribution in [3.05, 3.63) is 12.2 Å². The van der Waals surface area contributed by atoms with E-state index in [1.165, 1.54) is 25.7 Å². The molecule has 0 heterocycles. The van der Waals surface area contributed by atoms with Gasteiger partial charge in [-0.2, -0.15) is 0 Å². The van der Waals surface area contributed by atoms with E-state index in [1.54, 1.807) is 6.08 Å². The number of carbonyl (C=O) groups excluding carboxylic acids is 2. The minimum atomic E-state index is -0.544. The fourth-order valence-electron chi connectivity index (χ4n) is 10.0. The van der Waals surface area contributed by atoms with Crippen LogP contribution in [0.4, 0.5) is 0 Å². The van der Waals surface area contributed by atoms with Gasteiger partial charge in [-0.25, -0.2) is 0 Å². The van der Waals surface area contributed by atoms with Gasteiger partial charge in [0.15, 0.2) is 0 Å². The Labute approximate surface area is 248 Å². The Morgan fingerprint density at radius 2 is 1.78 bits per heavy atom. The molecule has 0 spiro atoms. The predicted molar refractivity (Wildman–Crippen MR) is 163 cm³/mol. The number of terminal acetylenes is 1. The molecule has 0 bridgehead atoms. The van der Waals surface area contributed by atoms with Crippen LogP contribution in [-0.4, -0.2) is 40.4 Å². The van der Waals surface area contributed by atoms with Crippen LogP contribution < -0.4 is 10.6 Å². The fourth-order valence-corrected chi connectivity index (χ4v) is 10.0. The van der Waals surface area contributed by atoms with E-state index in [1.807, 2.05) is 13.0 Å². The second kappa shape index (κ2) is 13.6. The number of hydrogen-bond acceptors (Lipinski definition) is 4. The third-order valence-electron chi connectivity index (χ3n) is 12.2. The average Bonchev–Trinajstić information content (AvgIpc) is 3.28. The fraction of sp³-hybridized carbons (Fsp3) is 0.829. The summed E-state index contributed by atoms with van der Waals surface area (Å²) < 4.78 is 0. The van der Waals surface area contributed by atoms with Gasteiger partial charge in [0.1, 0.15) is 6.17 Å². The van der Waals surface area contributed by atoms with Crippen molar-refractivity contribution in [2.24, 2.45) is 46.3 Å². The Morgan fingerprint density at radius 1 is 1.05 bits per heavy atom. The number of nitrogens with one attached hydrogen (secondary N) is 2. The van der Waals surface area contributed by atoms with Crippen LogP contribution in [0.15, 0.2) is 12.2 Å². The van der Waals surface area contributed by atoms with Crippen LogP contribution in [0.25, 0.3) is 0 Å². The van der Waals surface area contributed by atoms with Gasteiger partial charge < -0.3 is 20.8 Å². The highest BCUT2D eigenvalue weighted by molar-refractivity contribution is 5.88. The standard InChI is InChI=1S/C35H56N2O4/c1-6-8-13-31(40)36-30(11-7-2)37-32(41)14-10-9-12-23(3)26-15-16-27-33-28(18-20-35(26,27)5)34(4)19-17-25(38)21-24(34)22-29(33)39/h2,10,14,23-30,33,38-39H,6,8-9,11-13,15-22H2,1,3-5H3,(H,36,40)(H,37,41)/t23-,24+,25-,26-,27+,28+,29?,30?,33+,34+,35-/m1/s1. The number of aliphatic hydroxyl groups excluding tert-OH is 2. The number of unbranched alkanes of at least 4 members (excludes halogenated alkanes) is 1. The lowest BCUT2D eigenvalue weighted by Crippen LogP contribution is -2.58. The maximum absolute atomic E-state index is 12.5. The number of allylic oxidation sites excluding steroid dienone is 1. The molecule has 0 aromatic carbocycles. The van der Waals surface area contributed by atoms with E-state index in [9.17, 15) is 19.8 Å². The van der Waals surface area contributed by atoms with Gasteiger partial charge in [0, 0.05) is 12.8 Å². The number of carbonyl (C=O) groups is 2. The summed E-state index contributed by atoms with van der Waals surface area (Å²) >= 11 is 0. The molecule has 0 aromatic heterocycles. The van der Waals surface area contributed by atoms with Gasteiger partial charge in [-0.1, -0.05) is 40.2 Å². The van der Waals surface area contributed by atoms with Gasteiger partial charge in [-0.15, -0.1) is 12.3 Å². The molecule has 0 aromatic rings. The van der Waals surface area contributed by atoms with Crippen LogP contribution in [0.3, 0.4) is 0 Å². The molecule has 4 rings (SSSR count). The Morgan fingerprint density at radius 3 is 2.51 bits per heavy atom. The largest absolute Gasteiger partial charge is 0.393 e. The van der Waals surface area contributed by atoms with Gasteiger partial charge in [-0.05, 0) is 123 Å². The highest BCUT2D eigenvalue weighted by atomic mass is 16.3. The number of fused-ring (bicyclic) bond motifs is 5. The number of aliphatic hydroxyl groups is 2. The van der Waals surface area contributed by atoms with E-state index in [0.717, 1.165) is 51.4 Å². The molecule has 6 nitrogen and oxygen atoms in total. The molecule has 41 heavy (non-hydrogen) atoms. The SMILES string of the molecule is C#CCC(NC(=O)C=CCC[C@@H](C)[C@H]1CC[C@H]2[C@@H]3C(O)C[C@@H]4C[C@H](O)CC[C@]4(C)[C@H]3CC[C@]12C)NC(=O)CCCC. The molecular formula is C35H56N2O4. The molecule has 4 saturated carbocycles. The second-order valence-electron chi connectivity index (χ2n) is 14.6. The molecule has 2 amide bonds. The number of amides is 2. The first kappa shape index (κ1) is 32.1. The highest BCUT2D eigenvalue weighted by Crippen LogP contribution is 2.68. The molecule has 0 aliphatic heterocycles. The van der Waals surface area contributed by atoms with Crippen LogP contribution in [0.2, 0.25) is 0 Å². The van der Waals surface area contributed by atoms with E-state index in [2.05, 4.69) is 37.3 Å². The Bertz CT molecular complexity index is 989. The molecule has 0 saturated heterocycles. The summed E-state index contributed by atoms with van der Waals surface area (Å²) in [6.07, 6.45) is 20.9. The summed E-state index contributed by atoms with van der Waals surface area (Å²) in [5, 5.41) is 27.5. The van der Waals surface area contributed by atoms with Crippen molar-refractivity contribution in [2.75, 3.05) is 0 Å². The molecule has 6 heteroatoms. The lowest BCUT2D eigenvalue weighted by molar-refractivity contribution is -0.174. The lowest BCUT2D eigenvalue weighted by atomic mass is 9.43. The third kappa shape index (κ3) is 6.88. The molecule has 4 fully saturated rings. The average molecular weight is 569 g/mol. The molecule has 2 unspecified atom stereocenters. The van der Waals surface area contributed by atoms with E-state index in [4.69, 9.17) is 6.42 Å². The monoisotopic (exact) mass is 568 g/mol. The van der Waals surface area contributed by atoms with Crippen molar-refractivity contribution in [2.45, 2.75) is 136 Å². The molecule has 4 aliphatic carbocycles. The summed E-state index contributed by atoms with van der Waals surface area (Å²) in [6, 6.07) is 0. The molecule has 11 atom stereocenters. The molecule has 4 aliphatic rings. The maximum Gasteiger partial charge on any atom is 0.245 e. The van der Waals surface area contributed by atoms with Crippen molar-refractivity contribution < 1.29 is 19.8 Å². The predicted octanol–water partition coefficient (Wildman–Crippen LogP) is 5.72. The molecule has 230 valence electrons. The number of hydrogen-bond donors (Lipinski definition) is 4.